The molecule has 0 radical (unpaired) electrons. The van der Waals surface area contributed by atoms with Crippen LogP contribution in [0.15, 0.2) is 60.9 Å². The second-order valence-electron chi connectivity index (χ2n) is 5.92. The summed E-state index contributed by atoms with van der Waals surface area (Å²) in [5, 5.41) is 3.03. The Morgan fingerprint density at radius 1 is 1.12 bits per heavy atom. The molecule has 4 nitrogen and oxygen atoms in total. The van der Waals surface area contributed by atoms with Crippen LogP contribution in [0.5, 0.6) is 0 Å². The highest BCUT2D eigenvalue weighted by atomic mass is 19.1. The van der Waals surface area contributed by atoms with Gasteiger partial charge < -0.3 is 11.1 Å². The Kier molecular flexibility index (Phi) is 4.93. The molecule has 0 saturated carbocycles. The molecular weight excluding hydrogens is 336 g/mol. The van der Waals surface area contributed by atoms with Crippen LogP contribution in [0.1, 0.15) is 17.2 Å². The number of aromatic nitrogens is 1. The zero-order valence-electron chi connectivity index (χ0n) is 14.0. The molecule has 1 unspecified atom stereocenters. The maximum Gasteiger partial charge on any atom is 0.244 e. The molecule has 6 heteroatoms. The normalized spacial score (nSPS) is 11.8. The lowest BCUT2D eigenvalue weighted by molar-refractivity contribution is -0.118. The van der Waals surface area contributed by atoms with Crippen molar-refractivity contribution in [1.29, 1.82) is 0 Å². The van der Waals surface area contributed by atoms with Crippen molar-refractivity contribution in [2.24, 2.45) is 5.73 Å². The van der Waals surface area contributed by atoms with Crippen LogP contribution in [0.4, 0.5) is 14.5 Å². The highest BCUT2D eigenvalue weighted by Crippen LogP contribution is 2.27. The maximum absolute atomic E-state index is 14.0. The van der Waals surface area contributed by atoms with Crippen molar-refractivity contribution in [1.82, 2.24) is 4.98 Å². The van der Waals surface area contributed by atoms with Gasteiger partial charge in [-0.15, -0.1) is 0 Å². The zero-order chi connectivity index (χ0) is 18.7. The molecule has 3 rings (SSSR count). The van der Waals surface area contributed by atoms with Crippen LogP contribution < -0.4 is 11.1 Å². The number of benzene rings is 2. The number of carbonyl (C=O) groups is 1. The number of nitrogens with zero attached hydrogens (tertiary/aromatic N) is 1. The summed E-state index contributed by atoms with van der Waals surface area (Å²) in [6.07, 6.45) is 2.92. The lowest BCUT2D eigenvalue weighted by atomic mass is 10.0. The van der Waals surface area contributed by atoms with Gasteiger partial charge in [-0.3, -0.25) is 9.78 Å². The fourth-order valence-electron chi connectivity index (χ4n) is 2.76. The summed E-state index contributed by atoms with van der Waals surface area (Å²) in [6.45, 7) is 1.88. The van der Waals surface area contributed by atoms with Gasteiger partial charge in [0.1, 0.15) is 17.7 Å². The number of aryl methyl sites for hydroxylation is 1. The van der Waals surface area contributed by atoms with E-state index < -0.39 is 23.6 Å². The first-order valence-electron chi connectivity index (χ1n) is 7.97. The van der Waals surface area contributed by atoms with Crippen LogP contribution in [0.25, 0.3) is 11.1 Å². The molecule has 0 spiro atoms. The van der Waals surface area contributed by atoms with Crippen LogP contribution in [-0.2, 0) is 4.79 Å². The molecule has 1 amide bonds. The first kappa shape index (κ1) is 17.5. The second-order valence-corrected chi connectivity index (χ2v) is 5.92. The average Bonchev–Trinajstić information content (AvgIpc) is 2.62. The van der Waals surface area contributed by atoms with Gasteiger partial charge in [-0.05, 0) is 42.3 Å². The van der Waals surface area contributed by atoms with E-state index in [9.17, 15) is 13.6 Å². The standard InChI is InChI=1S/C20H17F2N3O/c1-12-4-2-3-5-16(12)19(20(23)26)25-15-8-13(10-24-11-15)17-9-14(21)6-7-18(17)22/h2-11,19,25H,1H3,(H2,23,26). The molecule has 2 aromatic carbocycles. The number of hydrogen-bond donors (Lipinski definition) is 2. The summed E-state index contributed by atoms with van der Waals surface area (Å²) in [4.78, 5) is 16.0. The van der Waals surface area contributed by atoms with Gasteiger partial charge in [-0.1, -0.05) is 24.3 Å². The Hall–Kier alpha value is -3.28. The van der Waals surface area contributed by atoms with E-state index in [1.165, 1.54) is 12.4 Å². The van der Waals surface area contributed by atoms with Crippen molar-refractivity contribution in [3.8, 4) is 11.1 Å². The van der Waals surface area contributed by atoms with E-state index in [-0.39, 0.29) is 5.56 Å². The summed E-state index contributed by atoms with van der Waals surface area (Å²) in [6, 6.07) is 11.4. The Morgan fingerprint density at radius 2 is 1.88 bits per heavy atom. The third-order valence-electron chi connectivity index (χ3n) is 4.07. The summed E-state index contributed by atoms with van der Waals surface area (Å²) in [5.74, 6) is -1.66. The van der Waals surface area contributed by atoms with Crippen LogP contribution >= 0.6 is 0 Å². The van der Waals surface area contributed by atoms with Crippen LogP contribution in [0, 0.1) is 18.6 Å². The smallest absolute Gasteiger partial charge is 0.244 e. The number of nitrogens with one attached hydrogen (secondary N) is 1. The van der Waals surface area contributed by atoms with E-state index in [0.29, 0.717) is 11.3 Å². The van der Waals surface area contributed by atoms with Crippen LogP contribution in [0.2, 0.25) is 0 Å². The minimum atomic E-state index is -0.773. The molecule has 0 fully saturated rings. The first-order valence-corrected chi connectivity index (χ1v) is 7.97. The Morgan fingerprint density at radius 3 is 2.62 bits per heavy atom. The largest absolute Gasteiger partial charge is 0.369 e. The fraction of sp³-hybridized carbons (Fsp3) is 0.100. The van der Waals surface area contributed by atoms with Crippen molar-refractivity contribution < 1.29 is 13.6 Å². The number of primary amides is 1. The number of amides is 1. The van der Waals surface area contributed by atoms with E-state index in [2.05, 4.69) is 10.3 Å². The molecule has 26 heavy (non-hydrogen) atoms. The van der Waals surface area contributed by atoms with Gasteiger partial charge in [0.25, 0.3) is 0 Å². The van der Waals surface area contributed by atoms with Crippen molar-refractivity contribution >= 4 is 11.6 Å². The van der Waals surface area contributed by atoms with Gasteiger partial charge in [0.05, 0.1) is 11.9 Å². The SMILES string of the molecule is Cc1ccccc1C(Nc1cncc(-c2cc(F)ccc2F)c1)C(N)=O. The van der Waals surface area contributed by atoms with Crippen molar-refractivity contribution in [2.45, 2.75) is 13.0 Å². The molecule has 1 aromatic heterocycles. The quantitative estimate of drug-likeness (QED) is 0.729. The first-order chi connectivity index (χ1) is 12.5. The lowest BCUT2D eigenvalue weighted by Gasteiger charge is -2.19. The van der Waals surface area contributed by atoms with Gasteiger partial charge >= 0.3 is 0 Å². The maximum atomic E-state index is 14.0. The zero-order valence-corrected chi connectivity index (χ0v) is 14.0. The monoisotopic (exact) mass is 353 g/mol. The Balaban J connectivity index is 1.96. The number of pyridine rings is 1. The van der Waals surface area contributed by atoms with E-state index in [1.807, 2.05) is 25.1 Å². The highest BCUT2D eigenvalue weighted by Gasteiger charge is 2.20. The topological polar surface area (TPSA) is 68.0 Å². The van der Waals surface area contributed by atoms with Gasteiger partial charge in [-0.25, -0.2) is 8.78 Å². The predicted octanol–water partition coefficient (Wildman–Crippen LogP) is 3.97. The van der Waals surface area contributed by atoms with Crippen molar-refractivity contribution in [2.75, 3.05) is 5.32 Å². The van der Waals surface area contributed by atoms with Gasteiger partial charge in [0, 0.05) is 17.3 Å². The average molecular weight is 353 g/mol. The lowest BCUT2D eigenvalue weighted by Crippen LogP contribution is -2.28. The van der Waals surface area contributed by atoms with Crippen molar-refractivity contribution in [3.63, 3.8) is 0 Å². The molecule has 3 N–H and O–H groups in total. The molecule has 1 heterocycles. The van der Waals surface area contributed by atoms with Crippen LogP contribution in [-0.4, -0.2) is 10.9 Å². The Labute approximate surface area is 149 Å². The van der Waals surface area contributed by atoms with Gasteiger partial charge in [-0.2, -0.15) is 0 Å². The highest BCUT2D eigenvalue weighted by molar-refractivity contribution is 5.85. The van der Waals surface area contributed by atoms with E-state index in [0.717, 1.165) is 29.3 Å². The molecule has 0 saturated heterocycles. The van der Waals surface area contributed by atoms with E-state index >= 15 is 0 Å². The van der Waals surface area contributed by atoms with Gasteiger partial charge in [0.15, 0.2) is 0 Å². The number of rotatable bonds is 5. The molecular formula is C20H17F2N3O. The fourth-order valence-corrected chi connectivity index (χ4v) is 2.76. The number of hydrogen-bond acceptors (Lipinski definition) is 3. The predicted molar refractivity (Wildman–Crippen MR) is 96.3 cm³/mol. The summed E-state index contributed by atoms with van der Waals surface area (Å²) >= 11 is 0. The van der Waals surface area contributed by atoms with E-state index in [4.69, 9.17) is 5.73 Å². The molecule has 3 aromatic rings. The number of anilines is 1. The summed E-state index contributed by atoms with van der Waals surface area (Å²) < 4.78 is 27.5. The van der Waals surface area contributed by atoms with Crippen LogP contribution in [0.3, 0.4) is 0 Å². The number of nitrogens with two attached hydrogens (primary N) is 1. The summed E-state index contributed by atoms with van der Waals surface area (Å²) in [7, 11) is 0. The molecule has 0 bridgehead atoms. The second kappa shape index (κ2) is 7.31. The minimum absolute atomic E-state index is 0.0904. The minimum Gasteiger partial charge on any atom is -0.369 e. The molecule has 132 valence electrons. The molecule has 0 aliphatic rings. The Bertz CT molecular complexity index is 959. The molecule has 0 aliphatic heterocycles. The number of carbonyl (C=O) groups excluding carboxylic acids is 1. The summed E-state index contributed by atoms with van der Waals surface area (Å²) in [5.41, 5.74) is 8.14. The third kappa shape index (κ3) is 3.69. The van der Waals surface area contributed by atoms with Gasteiger partial charge in [0.2, 0.25) is 5.91 Å². The third-order valence-corrected chi connectivity index (χ3v) is 4.07. The number of halogens is 2. The molecule has 1 atom stereocenters. The molecule has 0 aliphatic carbocycles. The van der Waals surface area contributed by atoms with Crippen molar-refractivity contribution in [3.05, 3.63) is 83.7 Å². The van der Waals surface area contributed by atoms with E-state index in [1.54, 1.807) is 12.1 Å².